The summed E-state index contributed by atoms with van der Waals surface area (Å²) >= 11 is 0. The first-order valence-corrected chi connectivity index (χ1v) is 3.72. The first-order valence-electron chi connectivity index (χ1n) is 3.72. The molecule has 1 aromatic heterocycles. The lowest BCUT2D eigenvalue weighted by atomic mass is 10.1. The molecule has 0 unspecified atom stereocenters. The second-order valence-corrected chi connectivity index (χ2v) is 2.72. The van der Waals surface area contributed by atoms with Crippen molar-refractivity contribution in [2.75, 3.05) is 5.73 Å². The van der Waals surface area contributed by atoms with Crippen molar-refractivity contribution in [2.45, 2.75) is 13.3 Å². The van der Waals surface area contributed by atoms with Crippen LogP contribution in [0.4, 0.5) is 14.5 Å². The fraction of sp³-hybridized carbons (Fsp3) is 0.250. The summed E-state index contributed by atoms with van der Waals surface area (Å²) in [5.41, 5.74) is 3.93. The molecule has 0 amide bonds. The van der Waals surface area contributed by atoms with Crippen LogP contribution in [0, 0.1) is 6.92 Å². The van der Waals surface area contributed by atoms with Gasteiger partial charge in [0.05, 0.1) is 5.56 Å². The number of pyridine rings is 1. The fourth-order valence-electron chi connectivity index (χ4n) is 1.10. The van der Waals surface area contributed by atoms with Gasteiger partial charge in [0.2, 0.25) is 0 Å². The molecule has 0 radical (unpaired) electrons. The third kappa shape index (κ3) is 1.78. The van der Waals surface area contributed by atoms with Crippen molar-refractivity contribution in [1.82, 2.24) is 4.98 Å². The first kappa shape index (κ1) is 10.4. The highest BCUT2D eigenvalue weighted by Gasteiger charge is 2.22. The van der Waals surface area contributed by atoms with E-state index in [4.69, 9.17) is 10.8 Å². The van der Waals surface area contributed by atoms with Gasteiger partial charge in [-0.2, -0.15) is 0 Å². The number of halogens is 2. The molecule has 0 aliphatic heterocycles. The molecular weight excluding hydrogens is 194 g/mol. The third-order valence-electron chi connectivity index (χ3n) is 1.64. The summed E-state index contributed by atoms with van der Waals surface area (Å²) in [5, 5.41) is 8.61. The van der Waals surface area contributed by atoms with Gasteiger partial charge >= 0.3 is 5.97 Å². The van der Waals surface area contributed by atoms with E-state index in [2.05, 4.69) is 4.98 Å². The standard InChI is InChI=1S/C8H8F2N2O2/c1-3-2-4(11)5(7(9)10)6(12-3)8(13)14/h2,7H,1H3,(H2,11,12)(H,13,14). The third-order valence-corrected chi connectivity index (χ3v) is 1.64. The molecule has 1 aromatic rings. The molecule has 0 saturated heterocycles. The van der Waals surface area contributed by atoms with Crippen molar-refractivity contribution in [3.05, 3.63) is 23.0 Å². The highest BCUT2D eigenvalue weighted by atomic mass is 19.3. The highest BCUT2D eigenvalue weighted by molar-refractivity contribution is 5.89. The lowest BCUT2D eigenvalue weighted by molar-refractivity contribution is 0.0677. The van der Waals surface area contributed by atoms with E-state index >= 15 is 0 Å². The number of aromatic nitrogens is 1. The van der Waals surface area contributed by atoms with E-state index < -0.39 is 23.7 Å². The molecule has 0 spiro atoms. The quantitative estimate of drug-likeness (QED) is 0.763. The normalized spacial score (nSPS) is 10.6. The van der Waals surface area contributed by atoms with Gasteiger partial charge < -0.3 is 10.8 Å². The summed E-state index contributed by atoms with van der Waals surface area (Å²) in [4.78, 5) is 14.1. The van der Waals surface area contributed by atoms with Crippen molar-refractivity contribution >= 4 is 11.7 Å². The summed E-state index contributed by atoms with van der Waals surface area (Å²) in [7, 11) is 0. The number of alkyl halides is 2. The molecule has 0 saturated carbocycles. The summed E-state index contributed by atoms with van der Waals surface area (Å²) in [6.07, 6.45) is -2.94. The van der Waals surface area contributed by atoms with Crippen LogP contribution in [0.1, 0.15) is 28.2 Å². The maximum Gasteiger partial charge on any atom is 0.355 e. The highest BCUT2D eigenvalue weighted by Crippen LogP contribution is 2.28. The van der Waals surface area contributed by atoms with E-state index in [-0.39, 0.29) is 5.69 Å². The van der Waals surface area contributed by atoms with Crippen LogP contribution in [0.3, 0.4) is 0 Å². The Labute approximate surface area is 78.4 Å². The van der Waals surface area contributed by atoms with Gasteiger partial charge in [0.15, 0.2) is 5.69 Å². The molecule has 6 heteroatoms. The second kappa shape index (κ2) is 3.57. The SMILES string of the molecule is Cc1cc(N)c(C(F)F)c(C(=O)O)n1. The summed E-state index contributed by atoms with van der Waals surface area (Å²) in [6, 6.07) is 1.22. The molecule has 0 atom stereocenters. The lowest BCUT2D eigenvalue weighted by Crippen LogP contribution is -2.10. The van der Waals surface area contributed by atoms with E-state index in [9.17, 15) is 13.6 Å². The van der Waals surface area contributed by atoms with Crippen LogP contribution in [0.5, 0.6) is 0 Å². The van der Waals surface area contributed by atoms with Crippen LogP contribution in [0.15, 0.2) is 6.07 Å². The number of aryl methyl sites for hydroxylation is 1. The average Bonchev–Trinajstić information content (AvgIpc) is 2.01. The van der Waals surface area contributed by atoms with Gasteiger partial charge in [0, 0.05) is 11.4 Å². The Bertz CT molecular complexity index is 380. The zero-order valence-corrected chi connectivity index (χ0v) is 7.29. The van der Waals surface area contributed by atoms with Gasteiger partial charge in [-0.05, 0) is 13.0 Å². The van der Waals surface area contributed by atoms with E-state index in [1.807, 2.05) is 0 Å². The number of hydrogen-bond donors (Lipinski definition) is 2. The van der Waals surface area contributed by atoms with Crippen molar-refractivity contribution in [3.63, 3.8) is 0 Å². The Hall–Kier alpha value is -1.72. The largest absolute Gasteiger partial charge is 0.476 e. The topological polar surface area (TPSA) is 76.2 Å². The zero-order valence-electron chi connectivity index (χ0n) is 7.29. The summed E-state index contributed by atoms with van der Waals surface area (Å²) in [5.74, 6) is -1.50. The smallest absolute Gasteiger partial charge is 0.355 e. The Morgan fingerprint density at radius 3 is 2.64 bits per heavy atom. The Morgan fingerprint density at radius 1 is 1.64 bits per heavy atom. The number of nitrogens with zero attached hydrogens (tertiary/aromatic N) is 1. The second-order valence-electron chi connectivity index (χ2n) is 2.72. The number of hydrogen-bond acceptors (Lipinski definition) is 3. The van der Waals surface area contributed by atoms with Crippen molar-refractivity contribution in [1.29, 1.82) is 0 Å². The minimum atomic E-state index is -2.94. The number of aromatic carboxylic acids is 1. The van der Waals surface area contributed by atoms with E-state index in [0.29, 0.717) is 5.69 Å². The number of nitrogen functional groups attached to an aromatic ring is 1. The van der Waals surface area contributed by atoms with Crippen molar-refractivity contribution < 1.29 is 18.7 Å². The van der Waals surface area contributed by atoms with Gasteiger partial charge in [-0.1, -0.05) is 0 Å². The molecule has 0 fully saturated rings. The van der Waals surface area contributed by atoms with Crippen LogP contribution in [0.2, 0.25) is 0 Å². The molecule has 76 valence electrons. The molecule has 3 N–H and O–H groups in total. The number of carboxylic acids is 1. The Balaban J connectivity index is 3.44. The van der Waals surface area contributed by atoms with Crippen LogP contribution in [-0.4, -0.2) is 16.1 Å². The van der Waals surface area contributed by atoms with Gasteiger partial charge in [-0.3, -0.25) is 0 Å². The molecule has 0 aromatic carbocycles. The fourth-order valence-corrected chi connectivity index (χ4v) is 1.10. The van der Waals surface area contributed by atoms with Gasteiger partial charge in [-0.15, -0.1) is 0 Å². The molecular formula is C8H8F2N2O2. The van der Waals surface area contributed by atoms with Crippen molar-refractivity contribution in [2.24, 2.45) is 0 Å². The minimum absolute atomic E-state index is 0.245. The number of anilines is 1. The molecule has 0 aliphatic rings. The Kier molecular flexibility index (Phi) is 2.64. The molecule has 1 rings (SSSR count). The van der Waals surface area contributed by atoms with E-state index in [0.717, 1.165) is 0 Å². The number of carboxylic acid groups (broad SMARTS) is 1. The Morgan fingerprint density at radius 2 is 2.21 bits per heavy atom. The van der Waals surface area contributed by atoms with Crippen LogP contribution >= 0.6 is 0 Å². The van der Waals surface area contributed by atoms with Crippen LogP contribution in [0.25, 0.3) is 0 Å². The summed E-state index contributed by atoms with van der Waals surface area (Å²) in [6.45, 7) is 1.48. The molecule has 14 heavy (non-hydrogen) atoms. The molecule has 0 aliphatic carbocycles. The minimum Gasteiger partial charge on any atom is -0.476 e. The predicted molar refractivity (Wildman–Crippen MR) is 45.3 cm³/mol. The number of nitrogens with two attached hydrogens (primary N) is 1. The average molecular weight is 202 g/mol. The van der Waals surface area contributed by atoms with Gasteiger partial charge in [-0.25, -0.2) is 18.6 Å². The van der Waals surface area contributed by atoms with Crippen LogP contribution in [-0.2, 0) is 0 Å². The number of rotatable bonds is 2. The van der Waals surface area contributed by atoms with Crippen molar-refractivity contribution in [3.8, 4) is 0 Å². The van der Waals surface area contributed by atoms with E-state index in [1.54, 1.807) is 0 Å². The van der Waals surface area contributed by atoms with Gasteiger partial charge in [0.25, 0.3) is 6.43 Å². The first-order chi connectivity index (χ1) is 6.43. The molecule has 4 nitrogen and oxygen atoms in total. The summed E-state index contributed by atoms with van der Waals surface area (Å²) < 4.78 is 24.8. The monoisotopic (exact) mass is 202 g/mol. The van der Waals surface area contributed by atoms with E-state index in [1.165, 1.54) is 13.0 Å². The molecule has 1 heterocycles. The zero-order chi connectivity index (χ0) is 10.9. The van der Waals surface area contributed by atoms with Gasteiger partial charge in [0.1, 0.15) is 0 Å². The molecule has 0 bridgehead atoms. The predicted octanol–water partition coefficient (Wildman–Crippen LogP) is 1.61. The number of carbonyl (C=O) groups is 1. The maximum absolute atomic E-state index is 12.4. The lowest BCUT2D eigenvalue weighted by Gasteiger charge is -2.08. The maximum atomic E-state index is 12.4. The van der Waals surface area contributed by atoms with Crippen LogP contribution < -0.4 is 5.73 Å².